The zero-order chi connectivity index (χ0) is 14.1. The standard InChI is InChI=1S/C10H12BF3N3S.K/c1-5-8(4-16-17-15)6(2)10(18)7(3)9(5)11(12,13)14;/h18H,4H2,1-3H3;/q-1;+1. The van der Waals surface area contributed by atoms with E-state index in [4.69, 9.17) is 5.53 Å². The van der Waals surface area contributed by atoms with Crippen LogP contribution >= 0.6 is 12.6 Å². The van der Waals surface area contributed by atoms with Gasteiger partial charge in [0.1, 0.15) is 0 Å². The van der Waals surface area contributed by atoms with E-state index in [0.29, 0.717) is 16.0 Å². The van der Waals surface area contributed by atoms with Crippen LogP contribution in [0.3, 0.4) is 0 Å². The van der Waals surface area contributed by atoms with Gasteiger partial charge >= 0.3 is 58.4 Å². The molecule has 0 saturated heterocycles. The molecule has 0 amide bonds. The Morgan fingerprint density at radius 2 is 1.68 bits per heavy atom. The molecule has 1 aromatic carbocycles. The molecule has 0 radical (unpaired) electrons. The zero-order valence-electron chi connectivity index (χ0n) is 11.2. The fourth-order valence-electron chi connectivity index (χ4n) is 2.11. The van der Waals surface area contributed by atoms with Gasteiger partial charge in [-0.2, -0.15) is 0 Å². The second-order valence-electron chi connectivity index (χ2n) is 4.08. The van der Waals surface area contributed by atoms with E-state index in [1.165, 1.54) is 13.8 Å². The van der Waals surface area contributed by atoms with Crippen molar-refractivity contribution >= 4 is 25.1 Å². The second-order valence-corrected chi connectivity index (χ2v) is 4.53. The smallest absolute Gasteiger partial charge is 0.445 e. The van der Waals surface area contributed by atoms with Crippen LogP contribution in [0, 0.1) is 20.8 Å². The van der Waals surface area contributed by atoms with Crippen LogP contribution in [0.15, 0.2) is 10.0 Å². The Balaban J connectivity index is 0.00000324. The van der Waals surface area contributed by atoms with Crippen molar-refractivity contribution in [2.75, 3.05) is 0 Å². The Labute approximate surface area is 157 Å². The van der Waals surface area contributed by atoms with Gasteiger partial charge in [0.25, 0.3) is 0 Å². The van der Waals surface area contributed by atoms with Crippen molar-refractivity contribution in [2.45, 2.75) is 32.2 Å². The van der Waals surface area contributed by atoms with Crippen LogP contribution in [0.1, 0.15) is 22.3 Å². The summed E-state index contributed by atoms with van der Waals surface area (Å²) in [6, 6.07) is 0. The van der Waals surface area contributed by atoms with Crippen molar-refractivity contribution in [1.82, 2.24) is 0 Å². The van der Waals surface area contributed by atoms with E-state index in [9.17, 15) is 12.9 Å². The minimum absolute atomic E-state index is 0. The van der Waals surface area contributed by atoms with Gasteiger partial charge < -0.3 is 12.9 Å². The molecule has 3 nitrogen and oxygen atoms in total. The van der Waals surface area contributed by atoms with Gasteiger partial charge in [-0.25, -0.2) is 0 Å². The maximum absolute atomic E-state index is 13.0. The van der Waals surface area contributed by atoms with Crippen molar-refractivity contribution < 1.29 is 64.3 Å². The number of thiol groups is 1. The van der Waals surface area contributed by atoms with Crippen LogP contribution in [-0.2, 0) is 6.54 Å². The number of hydrogen-bond acceptors (Lipinski definition) is 2. The molecule has 0 atom stereocenters. The van der Waals surface area contributed by atoms with Gasteiger partial charge in [0.15, 0.2) is 0 Å². The molecule has 0 saturated carbocycles. The van der Waals surface area contributed by atoms with E-state index in [1.54, 1.807) is 6.92 Å². The summed E-state index contributed by atoms with van der Waals surface area (Å²) in [5.41, 5.74) is 8.94. The van der Waals surface area contributed by atoms with Crippen molar-refractivity contribution in [1.29, 1.82) is 0 Å². The summed E-state index contributed by atoms with van der Waals surface area (Å²) >= 11 is 4.13. The Bertz CT molecular complexity index is 542. The first-order valence-electron chi connectivity index (χ1n) is 5.24. The summed E-state index contributed by atoms with van der Waals surface area (Å²) in [6.45, 7) is -0.719. The first-order chi connectivity index (χ1) is 8.21. The molecule has 0 aliphatic carbocycles. The van der Waals surface area contributed by atoms with E-state index in [-0.39, 0.29) is 69.1 Å². The van der Waals surface area contributed by atoms with Gasteiger partial charge in [0, 0.05) is 9.81 Å². The van der Waals surface area contributed by atoms with Crippen LogP contribution in [0.25, 0.3) is 10.4 Å². The average Bonchev–Trinajstić information content (AvgIpc) is 2.24. The largest absolute Gasteiger partial charge is 1.00 e. The van der Waals surface area contributed by atoms with Crippen molar-refractivity contribution in [3.05, 3.63) is 32.7 Å². The quantitative estimate of drug-likeness (QED) is 0.282. The predicted molar refractivity (Wildman–Crippen MR) is 69.5 cm³/mol. The number of azide groups is 1. The van der Waals surface area contributed by atoms with Crippen LogP contribution in [0.5, 0.6) is 0 Å². The van der Waals surface area contributed by atoms with Gasteiger partial charge in [0.2, 0.25) is 0 Å². The molecule has 0 N–H and O–H groups in total. The summed E-state index contributed by atoms with van der Waals surface area (Å²) in [4.78, 5) is 2.88. The summed E-state index contributed by atoms with van der Waals surface area (Å²) in [5.74, 6) is 0. The molecule has 0 fully saturated rings. The molecule has 0 aromatic heterocycles. The SMILES string of the molecule is Cc1c(S)c(C)c([B-](F)(F)F)c(C)c1CN=[N+]=[N-].[K+]. The topological polar surface area (TPSA) is 48.8 Å². The van der Waals surface area contributed by atoms with Crippen LogP contribution in [0.4, 0.5) is 12.9 Å². The predicted octanol–water partition coefficient (Wildman–Crippen LogP) is 0.769. The summed E-state index contributed by atoms with van der Waals surface area (Å²) in [5, 5.41) is 3.34. The molecule has 9 heteroatoms. The van der Waals surface area contributed by atoms with Gasteiger partial charge in [-0.15, -0.1) is 18.1 Å². The normalized spacial score (nSPS) is 10.7. The van der Waals surface area contributed by atoms with E-state index in [1.807, 2.05) is 0 Å². The molecular formula is C10H12BF3KN3S. The van der Waals surface area contributed by atoms with E-state index in [0.717, 1.165) is 0 Å². The number of hydrogen-bond donors (Lipinski definition) is 1. The third-order valence-corrected chi connectivity index (χ3v) is 3.71. The summed E-state index contributed by atoms with van der Waals surface area (Å²) in [6.07, 6.45) is 0. The molecule has 1 rings (SSSR count). The minimum atomic E-state index is -5.11. The average molecular weight is 313 g/mol. The third kappa shape index (κ3) is 4.17. The molecular weight excluding hydrogens is 301 g/mol. The number of rotatable bonds is 3. The van der Waals surface area contributed by atoms with Gasteiger partial charge in [-0.05, 0) is 37.4 Å². The fourth-order valence-corrected chi connectivity index (χ4v) is 2.36. The summed E-state index contributed by atoms with van der Waals surface area (Å²) in [7, 11) is 0. The van der Waals surface area contributed by atoms with Gasteiger partial charge in [-0.1, -0.05) is 16.2 Å². The second kappa shape index (κ2) is 7.40. The Hall–Kier alpha value is 0.371. The first kappa shape index (κ1) is 19.4. The minimum Gasteiger partial charge on any atom is -0.445 e. The molecule has 1 aromatic rings. The Kier molecular flexibility index (Phi) is 7.54. The van der Waals surface area contributed by atoms with Crippen LogP contribution < -0.4 is 56.8 Å². The molecule has 0 aliphatic rings. The van der Waals surface area contributed by atoms with Gasteiger partial charge in [0.05, 0.1) is 6.54 Å². The maximum atomic E-state index is 13.0. The zero-order valence-corrected chi connectivity index (χ0v) is 15.2. The Morgan fingerprint density at radius 3 is 2.11 bits per heavy atom. The molecule has 0 aliphatic heterocycles. The van der Waals surface area contributed by atoms with Crippen LogP contribution in [-0.4, -0.2) is 6.98 Å². The van der Waals surface area contributed by atoms with Gasteiger partial charge in [-0.3, -0.25) is 0 Å². The first-order valence-corrected chi connectivity index (χ1v) is 5.68. The van der Waals surface area contributed by atoms with Crippen LogP contribution in [0.2, 0.25) is 0 Å². The molecule has 0 bridgehead atoms. The molecule has 19 heavy (non-hydrogen) atoms. The van der Waals surface area contributed by atoms with E-state index >= 15 is 0 Å². The van der Waals surface area contributed by atoms with Crippen molar-refractivity contribution in [3.8, 4) is 0 Å². The van der Waals surface area contributed by atoms with E-state index < -0.39 is 12.4 Å². The number of halogens is 3. The third-order valence-electron chi connectivity index (χ3n) is 3.04. The maximum Gasteiger partial charge on any atom is 1.00 e. The molecule has 0 spiro atoms. The molecule has 0 unspecified atom stereocenters. The number of nitrogens with zero attached hydrogens (tertiary/aromatic N) is 3. The van der Waals surface area contributed by atoms with Crippen molar-refractivity contribution in [2.24, 2.45) is 5.11 Å². The fraction of sp³-hybridized carbons (Fsp3) is 0.400. The van der Waals surface area contributed by atoms with Crippen molar-refractivity contribution in [3.63, 3.8) is 0 Å². The Morgan fingerprint density at radius 1 is 1.16 bits per heavy atom. The van der Waals surface area contributed by atoms with E-state index in [2.05, 4.69) is 22.7 Å². The summed E-state index contributed by atoms with van der Waals surface area (Å²) < 4.78 is 39.1. The number of benzene rings is 1. The molecule has 0 heterocycles. The molecule has 98 valence electrons. The monoisotopic (exact) mass is 313 g/mol.